The number of halogens is 6. The molecule has 0 fully saturated rings. The maximum Gasteiger partial charge on any atom is 0.573 e. The van der Waals surface area contributed by atoms with Crippen molar-refractivity contribution >= 4 is 0 Å². The van der Waals surface area contributed by atoms with E-state index in [1.54, 1.807) is 0 Å². The molecular weight excluding hydrogens is 264 g/mol. The zero-order chi connectivity index (χ0) is 14.0. The third-order valence-electron chi connectivity index (χ3n) is 1.92. The normalized spacial score (nSPS) is 12.1. The third-order valence-corrected chi connectivity index (χ3v) is 1.92. The van der Waals surface area contributed by atoms with Crippen LogP contribution in [0.25, 0.3) is 0 Å². The van der Waals surface area contributed by atoms with E-state index in [4.69, 9.17) is 5.26 Å². The molecule has 0 aliphatic rings. The first kappa shape index (κ1) is 14.2. The largest absolute Gasteiger partial charge is 0.573 e. The van der Waals surface area contributed by atoms with Crippen molar-refractivity contribution in [3.63, 3.8) is 0 Å². The topological polar surface area (TPSA) is 33.0 Å². The molecule has 0 heterocycles. The number of benzene rings is 1. The van der Waals surface area contributed by atoms with Gasteiger partial charge in [-0.3, -0.25) is 0 Å². The van der Waals surface area contributed by atoms with Crippen LogP contribution in [-0.4, -0.2) is 6.36 Å². The molecule has 0 amide bonds. The fraction of sp³-hybridized carbons (Fsp3) is 0.300. The van der Waals surface area contributed by atoms with Gasteiger partial charge >= 0.3 is 12.5 Å². The summed E-state index contributed by atoms with van der Waals surface area (Å²) in [6.07, 6.45) is -10.8. The Morgan fingerprint density at radius 2 is 1.72 bits per heavy atom. The van der Waals surface area contributed by atoms with E-state index < -0.39 is 35.8 Å². The Hall–Kier alpha value is -1.91. The second kappa shape index (κ2) is 4.76. The molecule has 0 spiro atoms. The van der Waals surface area contributed by atoms with Gasteiger partial charge in [0.05, 0.1) is 18.1 Å². The summed E-state index contributed by atoms with van der Waals surface area (Å²) in [5.74, 6) is -1.01. The van der Waals surface area contributed by atoms with Crippen molar-refractivity contribution in [3.8, 4) is 11.8 Å². The van der Waals surface area contributed by atoms with Crippen molar-refractivity contribution in [1.82, 2.24) is 0 Å². The predicted octanol–water partition coefficient (Wildman–Crippen LogP) is 3.67. The van der Waals surface area contributed by atoms with Crippen LogP contribution in [-0.2, 0) is 12.6 Å². The number of alkyl halides is 6. The van der Waals surface area contributed by atoms with E-state index in [1.165, 1.54) is 6.07 Å². The van der Waals surface area contributed by atoms with Crippen molar-refractivity contribution in [2.75, 3.05) is 0 Å². The number of hydrogen-bond acceptors (Lipinski definition) is 2. The monoisotopic (exact) mass is 269 g/mol. The highest BCUT2D eigenvalue weighted by atomic mass is 19.4. The van der Waals surface area contributed by atoms with Gasteiger partial charge in [-0.2, -0.15) is 18.4 Å². The Bertz CT molecular complexity index is 471. The van der Waals surface area contributed by atoms with E-state index in [0.717, 1.165) is 12.1 Å². The minimum atomic E-state index is -5.12. The summed E-state index contributed by atoms with van der Waals surface area (Å²) in [6, 6.07) is 3.48. The van der Waals surface area contributed by atoms with Crippen molar-refractivity contribution in [2.24, 2.45) is 0 Å². The number of hydrogen-bond donors (Lipinski definition) is 0. The van der Waals surface area contributed by atoms with Crippen LogP contribution < -0.4 is 4.74 Å². The van der Waals surface area contributed by atoms with Crippen LogP contribution in [0.4, 0.5) is 26.3 Å². The lowest BCUT2D eigenvalue weighted by Crippen LogP contribution is -2.19. The summed E-state index contributed by atoms with van der Waals surface area (Å²) >= 11 is 0. The number of ether oxygens (including phenoxy) is 1. The van der Waals surface area contributed by atoms with Gasteiger partial charge in [0.1, 0.15) is 5.75 Å². The Labute approximate surface area is 97.4 Å². The smallest absolute Gasteiger partial charge is 0.405 e. The molecule has 98 valence electrons. The first-order chi connectivity index (χ1) is 8.15. The fourth-order valence-corrected chi connectivity index (χ4v) is 1.31. The zero-order valence-electron chi connectivity index (χ0n) is 8.56. The number of nitrogens with zero attached hydrogens (tertiary/aromatic N) is 1. The van der Waals surface area contributed by atoms with Crippen LogP contribution in [0.15, 0.2) is 18.2 Å². The highest BCUT2D eigenvalue weighted by molar-refractivity contribution is 5.43. The van der Waals surface area contributed by atoms with Gasteiger partial charge in [0.25, 0.3) is 0 Å². The molecule has 0 unspecified atom stereocenters. The minimum Gasteiger partial charge on any atom is -0.405 e. The van der Waals surface area contributed by atoms with Crippen molar-refractivity contribution in [1.29, 1.82) is 5.26 Å². The number of rotatable bonds is 2. The van der Waals surface area contributed by atoms with Gasteiger partial charge < -0.3 is 4.74 Å². The highest BCUT2D eigenvalue weighted by Crippen LogP contribution is 2.37. The molecule has 0 bridgehead atoms. The van der Waals surface area contributed by atoms with E-state index in [-0.39, 0.29) is 0 Å². The van der Waals surface area contributed by atoms with E-state index in [1.807, 2.05) is 0 Å². The number of nitriles is 1. The van der Waals surface area contributed by atoms with E-state index in [9.17, 15) is 26.3 Å². The Morgan fingerprint density at radius 1 is 1.11 bits per heavy atom. The summed E-state index contributed by atoms with van der Waals surface area (Å²) in [4.78, 5) is 0. The third kappa shape index (κ3) is 3.55. The quantitative estimate of drug-likeness (QED) is 0.767. The van der Waals surface area contributed by atoms with Crippen molar-refractivity contribution in [2.45, 2.75) is 19.0 Å². The van der Waals surface area contributed by atoms with E-state index >= 15 is 0 Å². The highest BCUT2D eigenvalue weighted by Gasteiger charge is 2.37. The summed E-state index contributed by atoms with van der Waals surface area (Å²) in [5, 5.41) is 8.38. The first-order valence-corrected chi connectivity index (χ1v) is 4.47. The first-order valence-electron chi connectivity index (χ1n) is 4.47. The molecular formula is C10H5F6NO. The van der Waals surface area contributed by atoms with Gasteiger partial charge in [-0.25, -0.2) is 0 Å². The summed E-state index contributed by atoms with van der Waals surface area (Å²) in [6.45, 7) is 0. The molecule has 18 heavy (non-hydrogen) atoms. The molecule has 0 saturated heterocycles. The van der Waals surface area contributed by atoms with Crippen LogP contribution in [0.2, 0.25) is 0 Å². The molecule has 0 radical (unpaired) electrons. The summed E-state index contributed by atoms with van der Waals surface area (Å²) in [5.41, 5.74) is -2.14. The lowest BCUT2D eigenvalue weighted by Gasteiger charge is -2.16. The second-order valence-electron chi connectivity index (χ2n) is 3.16. The molecule has 0 aliphatic heterocycles. The molecule has 8 heteroatoms. The average molecular weight is 269 g/mol. The van der Waals surface area contributed by atoms with Crippen molar-refractivity contribution < 1.29 is 31.1 Å². The van der Waals surface area contributed by atoms with Crippen LogP contribution in [0, 0.1) is 11.3 Å². The maximum absolute atomic E-state index is 12.5. The van der Waals surface area contributed by atoms with Gasteiger partial charge in [-0.15, -0.1) is 13.2 Å². The zero-order valence-corrected chi connectivity index (χ0v) is 8.56. The Kier molecular flexibility index (Phi) is 3.74. The fourth-order valence-electron chi connectivity index (χ4n) is 1.31. The lowest BCUT2D eigenvalue weighted by atomic mass is 10.0. The van der Waals surface area contributed by atoms with E-state index in [0.29, 0.717) is 6.07 Å². The standard InChI is InChI=1S/C10H5F6NO/c11-9(12,13)7-2-1-3-8(6(7)4-5-17)18-10(14,15)16/h1-3H,4H2. The van der Waals surface area contributed by atoms with Crippen molar-refractivity contribution in [3.05, 3.63) is 29.3 Å². The van der Waals surface area contributed by atoms with Crippen LogP contribution in [0.5, 0.6) is 5.75 Å². The van der Waals surface area contributed by atoms with Crippen LogP contribution >= 0.6 is 0 Å². The van der Waals surface area contributed by atoms with Gasteiger partial charge in [0.15, 0.2) is 0 Å². The Morgan fingerprint density at radius 3 is 2.17 bits per heavy atom. The van der Waals surface area contributed by atoms with Gasteiger partial charge in [0, 0.05) is 5.56 Å². The summed E-state index contributed by atoms with van der Waals surface area (Å²) < 4.78 is 77.1. The predicted molar refractivity (Wildman–Crippen MR) is 47.4 cm³/mol. The van der Waals surface area contributed by atoms with Gasteiger partial charge in [0.2, 0.25) is 0 Å². The molecule has 2 nitrogen and oxygen atoms in total. The average Bonchev–Trinajstić information content (AvgIpc) is 2.17. The van der Waals surface area contributed by atoms with Crippen LogP contribution in [0.3, 0.4) is 0 Å². The molecule has 1 rings (SSSR count). The lowest BCUT2D eigenvalue weighted by molar-refractivity contribution is -0.275. The minimum absolute atomic E-state index is 0.593. The van der Waals surface area contributed by atoms with E-state index in [2.05, 4.69) is 4.74 Å². The van der Waals surface area contributed by atoms with Gasteiger partial charge in [-0.1, -0.05) is 6.07 Å². The second-order valence-corrected chi connectivity index (χ2v) is 3.16. The SMILES string of the molecule is N#CCc1c(OC(F)(F)F)cccc1C(F)(F)F. The molecule has 0 saturated carbocycles. The molecule has 1 aromatic rings. The van der Waals surface area contributed by atoms with Gasteiger partial charge in [-0.05, 0) is 12.1 Å². The maximum atomic E-state index is 12.5. The molecule has 1 aromatic carbocycles. The summed E-state index contributed by atoms with van der Waals surface area (Å²) in [7, 11) is 0. The Balaban J connectivity index is 3.31. The van der Waals surface area contributed by atoms with Crippen LogP contribution in [0.1, 0.15) is 11.1 Å². The molecule has 0 aliphatic carbocycles. The molecule has 0 N–H and O–H groups in total. The molecule has 0 aromatic heterocycles. The molecule has 0 atom stereocenters.